The minimum atomic E-state index is -0.132. The molecule has 2 aromatic carbocycles. The Bertz CT molecular complexity index is 1340. The summed E-state index contributed by atoms with van der Waals surface area (Å²) in [6.45, 7) is 0.991. The van der Waals surface area contributed by atoms with Gasteiger partial charge in [-0.25, -0.2) is 0 Å². The number of hydrogen-bond donors (Lipinski definition) is 1. The molecule has 1 aromatic heterocycles. The number of hydrogen-bond acceptors (Lipinski definition) is 4. The SMILES string of the molecule is N#Cc1ccc(CN2CC3CC/C=C\CC(=O)Nc4cc(Cl)ccc4-c4cc(n3n4)C2=O)cc1. The van der Waals surface area contributed by atoms with E-state index in [0.717, 1.165) is 18.4 Å². The van der Waals surface area contributed by atoms with E-state index in [1.54, 1.807) is 30.3 Å². The normalized spacial score (nSPS) is 18.6. The largest absolute Gasteiger partial charge is 0.331 e. The van der Waals surface area contributed by atoms with Gasteiger partial charge in [0, 0.05) is 30.1 Å². The molecule has 34 heavy (non-hydrogen) atoms. The third-order valence-corrected chi connectivity index (χ3v) is 6.38. The van der Waals surface area contributed by atoms with Gasteiger partial charge >= 0.3 is 0 Å². The fourth-order valence-electron chi connectivity index (χ4n) is 4.44. The van der Waals surface area contributed by atoms with Crippen LogP contribution in [0.2, 0.25) is 5.02 Å². The quantitative estimate of drug-likeness (QED) is 0.535. The molecule has 1 N–H and O–H groups in total. The maximum absolute atomic E-state index is 13.4. The number of anilines is 1. The average molecular weight is 472 g/mol. The molecule has 5 rings (SSSR count). The van der Waals surface area contributed by atoms with Crippen LogP contribution >= 0.6 is 11.6 Å². The van der Waals surface area contributed by atoms with Crippen LogP contribution in [-0.2, 0) is 11.3 Å². The van der Waals surface area contributed by atoms with Crippen LogP contribution in [0.5, 0.6) is 0 Å². The van der Waals surface area contributed by atoms with Gasteiger partial charge in [0.2, 0.25) is 5.91 Å². The van der Waals surface area contributed by atoms with E-state index in [-0.39, 0.29) is 24.3 Å². The summed E-state index contributed by atoms with van der Waals surface area (Å²) in [5.74, 6) is -0.228. The topological polar surface area (TPSA) is 91.0 Å². The zero-order valence-electron chi connectivity index (χ0n) is 18.4. The second-order valence-electron chi connectivity index (χ2n) is 8.50. The van der Waals surface area contributed by atoms with E-state index in [4.69, 9.17) is 22.0 Å². The van der Waals surface area contributed by atoms with Crippen molar-refractivity contribution >= 4 is 29.1 Å². The predicted molar refractivity (Wildman–Crippen MR) is 129 cm³/mol. The number of benzene rings is 2. The number of aromatic nitrogens is 2. The maximum Gasteiger partial charge on any atom is 0.272 e. The fourth-order valence-corrected chi connectivity index (χ4v) is 4.61. The van der Waals surface area contributed by atoms with E-state index in [2.05, 4.69) is 11.4 Å². The molecule has 8 heteroatoms. The molecule has 7 nitrogen and oxygen atoms in total. The number of fused-ring (bicyclic) bond motifs is 3. The Hall–Kier alpha value is -3.89. The van der Waals surface area contributed by atoms with E-state index >= 15 is 0 Å². The van der Waals surface area contributed by atoms with Crippen molar-refractivity contribution in [1.82, 2.24) is 14.7 Å². The number of rotatable bonds is 2. The molecule has 1 unspecified atom stereocenters. The number of nitrogens with one attached hydrogen (secondary N) is 1. The van der Waals surface area contributed by atoms with Gasteiger partial charge < -0.3 is 10.2 Å². The monoisotopic (exact) mass is 471 g/mol. The van der Waals surface area contributed by atoms with E-state index in [0.29, 0.717) is 46.3 Å². The molecule has 170 valence electrons. The second kappa shape index (κ2) is 9.16. The molecule has 3 heterocycles. The zero-order chi connectivity index (χ0) is 23.7. The number of amides is 2. The maximum atomic E-state index is 13.4. The number of carbonyl (C=O) groups excluding carboxylic acids is 2. The number of carbonyl (C=O) groups is 2. The highest BCUT2D eigenvalue weighted by atomic mass is 35.5. The number of nitriles is 1. The van der Waals surface area contributed by atoms with Gasteiger partial charge in [-0.3, -0.25) is 14.3 Å². The summed E-state index contributed by atoms with van der Waals surface area (Å²) in [5.41, 5.74) is 3.98. The summed E-state index contributed by atoms with van der Waals surface area (Å²) in [5, 5.41) is 17.3. The summed E-state index contributed by atoms with van der Waals surface area (Å²) >= 11 is 6.20. The molecule has 0 saturated carbocycles. The molecular formula is C26H22ClN5O2. The van der Waals surface area contributed by atoms with Crippen LogP contribution in [0.3, 0.4) is 0 Å². The van der Waals surface area contributed by atoms with Crippen molar-refractivity contribution in [2.75, 3.05) is 11.9 Å². The molecular weight excluding hydrogens is 450 g/mol. The minimum absolute atomic E-state index is 0.00430. The molecule has 0 radical (unpaired) electrons. The van der Waals surface area contributed by atoms with Crippen LogP contribution in [-0.4, -0.2) is 33.0 Å². The highest BCUT2D eigenvalue weighted by Crippen LogP contribution is 2.34. The Morgan fingerprint density at radius 3 is 2.74 bits per heavy atom. The lowest BCUT2D eigenvalue weighted by Gasteiger charge is -2.33. The van der Waals surface area contributed by atoms with Crippen LogP contribution in [0, 0.1) is 11.3 Å². The zero-order valence-corrected chi connectivity index (χ0v) is 19.1. The Morgan fingerprint density at radius 2 is 1.94 bits per heavy atom. The summed E-state index contributed by atoms with van der Waals surface area (Å²) in [6.07, 6.45) is 5.70. The fraction of sp³-hybridized carbons (Fsp3) is 0.231. The van der Waals surface area contributed by atoms with Gasteiger partial charge in [-0.1, -0.05) is 35.9 Å². The second-order valence-corrected chi connectivity index (χ2v) is 8.94. The molecule has 0 spiro atoms. The van der Waals surface area contributed by atoms with Gasteiger partial charge in [-0.15, -0.1) is 0 Å². The van der Waals surface area contributed by atoms with Crippen molar-refractivity contribution in [3.05, 3.63) is 82.5 Å². The van der Waals surface area contributed by atoms with Gasteiger partial charge in [-0.2, -0.15) is 10.4 Å². The lowest BCUT2D eigenvalue weighted by molar-refractivity contribution is -0.115. The molecule has 2 amide bonds. The standard InChI is InChI=1S/C26H22ClN5O2/c27-19-10-11-21-22(12-19)29-25(33)5-3-1-2-4-20-16-31(15-18-8-6-17(14-28)7-9-18)26(34)24-13-23(21)30-32(20)24/h1,3,6-13,20H,2,4-5,15-16H2,(H,29,33)/b3-1-. The van der Waals surface area contributed by atoms with Crippen molar-refractivity contribution in [3.63, 3.8) is 0 Å². The van der Waals surface area contributed by atoms with Gasteiger partial charge in [0.05, 0.1) is 29.1 Å². The van der Waals surface area contributed by atoms with E-state index in [1.807, 2.05) is 39.9 Å². The first kappa shape index (κ1) is 21.9. The molecule has 2 bridgehead atoms. The highest BCUT2D eigenvalue weighted by molar-refractivity contribution is 6.31. The molecule has 2 aliphatic rings. The molecule has 0 saturated heterocycles. The van der Waals surface area contributed by atoms with Crippen LogP contribution in [0.1, 0.15) is 46.9 Å². The van der Waals surface area contributed by atoms with Crippen LogP contribution < -0.4 is 5.32 Å². The van der Waals surface area contributed by atoms with Crippen LogP contribution in [0.15, 0.2) is 60.7 Å². The van der Waals surface area contributed by atoms with Gasteiger partial charge in [0.25, 0.3) is 5.91 Å². The van der Waals surface area contributed by atoms with E-state index < -0.39 is 0 Å². The first-order valence-corrected chi connectivity index (χ1v) is 11.5. The third-order valence-electron chi connectivity index (χ3n) is 6.14. The Labute approximate surface area is 202 Å². The number of nitrogens with zero attached hydrogens (tertiary/aromatic N) is 4. The van der Waals surface area contributed by atoms with E-state index in [9.17, 15) is 9.59 Å². The first-order valence-electron chi connectivity index (χ1n) is 11.1. The molecule has 0 fully saturated rings. The van der Waals surface area contributed by atoms with Crippen molar-refractivity contribution in [3.8, 4) is 17.3 Å². The average Bonchev–Trinajstić information content (AvgIpc) is 3.27. The molecule has 2 aliphatic heterocycles. The third kappa shape index (κ3) is 4.33. The summed E-state index contributed by atoms with van der Waals surface area (Å²) in [7, 11) is 0. The lowest BCUT2D eigenvalue weighted by Crippen LogP contribution is -2.42. The van der Waals surface area contributed by atoms with Crippen LogP contribution in [0.4, 0.5) is 5.69 Å². The van der Waals surface area contributed by atoms with Crippen molar-refractivity contribution in [1.29, 1.82) is 5.26 Å². The van der Waals surface area contributed by atoms with Crippen molar-refractivity contribution in [2.24, 2.45) is 0 Å². The molecule has 0 aliphatic carbocycles. The Morgan fingerprint density at radius 1 is 1.12 bits per heavy atom. The number of halogens is 1. The highest BCUT2D eigenvalue weighted by Gasteiger charge is 2.33. The summed E-state index contributed by atoms with van der Waals surface area (Å²) in [6, 6.07) is 16.5. The Balaban J connectivity index is 1.54. The van der Waals surface area contributed by atoms with Gasteiger partial charge in [0.1, 0.15) is 5.69 Å². The Kier molecular flexibility index (Phi) is 5.91. The smallest absolute Gasteiger partial charge is 0.272 e. The number of allylic oxidation sites excluding steroid dienone is 1. The summed E-state index contributed by atoms with van der Waals surface area (Å²) in [4.78, 5) is 27.7. The van der Waals surface area contributed by atoms with Crippen molar-refractivity contribution < 1.29 is 9.59 Å². The molecule has 1 atom stereocenters. The van der Waals surface area contributed by atoms with E-state index in [1.165, 1.54) is 0 Å². The predicted octanol–water partition coefficient (Wildman–Crippen LogP) is 4.95. The summed E-state index contributed by atoms with van der Waals surface area (Å²) < 4.78 is 1.83. The van der Waals surface area contributed by atoms with Crippen LogP contribution in [0.25, 0.3) is 11.3 Å². The van der Waals surface area contributed by atoms with Crippen molar-refractivity contribution in [2.45, 2.75) is 31.8 Å². The van der Waals surface area contributed by atoms with Gasteiger partial charge in [0.15, 0.2) is 0 Å². The van der Waals surface area contributed by atoms with Gasteiger partial charge in [-0.05, 0) is 54.8 Å². The molecule has 3 aromatic rings. The first-order chi connectivity index (χ1) is 16.5. The lowest BCUT2D eigenvalue weighted by atomic mass is 10.0. The minimum Gasteiger partial charge on any atom is -0.331 e.